The Balaban J connectivity index is 1.33. The Morgan fingerprint density at radius 3 is 2.30 bits per heavy atom. The minimum absolute atomic E-state index is 0.342. The molecule has 7 unspecified atom stereocenters. The first-order valence-corrected chi connectivity index (χ1v) is 13.6. The molecule has 6 saturated carbocycles. The van der Waals surface area contributed by atoms with Gasteiger partial charge in [0.25, 0.3) is 0 Å². The van der Waals surface area contributed by atoms with Crippen molar-refractivity contribution in [1.29, 1.82) is 0 Å². The number of fused-ring (bicyclic) bond motifs is 7. The molecule has 30 heavy (non-hydrogen) atoms. The topological polar surface area (TPSA) is 0 Å². The van der Waals surface area contributed by atoms with Crippen LogP contribution in [0.15, 0.2) is 23.8 Å². The van der Waals surface area contributed by atoms with Gasteiger partial charge in [-0.25, -0.2) is 0 Å². The van der Waals surface area contributed by atoms with Crippen molar-refractivity contribution >= 4 is 0 Å². The van der Waals surface area contributed by atoms with Crippen LogP contribution < -0.4 is 0 Å². The molecule has 0 heterocycles. The van der Waals surface area contributed by atoms with Crippen LogP contribution in [0.1, 0.15) is 111 Å². The quantitative estimate of drug-likeness (QED) is 0.382. The smallest absolute Gasteiger partial charge is 0.00844 e. The molecule has 6 aliphatic rings. The highest BCUT2D eigenvalue weighted by atomic mass is 14.7. The fourth-order valence-electron chi connectivity index (χ4n) is 11.0. The Kier molecular flexibility index (Phi) is 4.22. The lowest BCUT2D eigenvalue weighted by molar-refractivity contribution is -0.183. The van der Waals surface area contributed by atoms with Crippen molar-refractivity contribution in [2.45, 2.75) is 111 Å². The summed E-state index contributed by atoms with van der Waals surface area (Å²) in [6.45, 7) is 15.1. The summed E-state index contributed by atoms with van der Waals surface area (Å²) in [5, 5.41) is 0. The largest absolute Gasteiger partial charge is 0.0993 e. The van der Waals surface area contributed by atoms with Crippen LogP contribution in [0.4, 0.5) is 0 Å². The summed E-state index contributed by atoms with van der Waals surface area (Å²) in [4.78, 5) is 0. The molecule has 0 saturated heterocycles. The van der Waals surface area contributed by atoms with Gasteiger partial charge in [-0.05, 0) is 128 Å². The van der Waals surface area contributed by atoms with Gasteiger partial charge in [-0.1, -0.05) is 57.9 Å². The van der Waals surface area contributed by atoms with Crippen molar-refractivity contribution < 1.29 is 0 Å². The van der Waals surface area contributed by atoms with Gasteiger partial charge in [0, 0.05) is 0 Å². The third-order valence-electron chi connectivity index (χ3n) is 12.6. The third kappa shape index (κ3) is 2.52. The zero-order chi connectivity index (χ0) is 20.9. The highest BCUT2D eigenvalue weighted by molar-refractivity contribution is 5.26. The predicted octanol–water partition coefficient (Wildman–Crippen LogP) is 8.73. The molecule has 0 N–H and O–H groups in total. The molecule has 6 rings (SSSR count). The lowest BCUT2D eigenvalue weighted by Crippen LogP contribution is -2.61. The molecule has 6 aliphatic carbocycles. The Morgan fingerprint density at radius 2 is 1.53 bits per heavy atom. The van der Waals surface area contributed by atoms with Crippen molar-refractivity contribution in [3.05, 3.63) is 23.8 Å². The van der Waals surface area contributed by atoms with Crippen LogP contribution in [0, 0.1) is 51.2 Å². The highest BCUT2D eigenvalue weighted by Crippen LogP contribution is 2.73. The molecular formula is C30H46. The standard InChI is InChI=1S/C30H46/c1-20-12-16-29(5)25(27(20,2)3)14-17-28(4)23-13-18-30(19-21-8-9-21)15-6-7-24(30)22(23)10-11-26(28)29/h19,22-26H,1,6-18H2,2-5H3/t22?,23?,24-,25?,26?,28?,29?,30?/m1/s1. The Hall–Kier alpha value is -0.520. The fourth-order valence-corrected chi connectivity index (χ4v) is 11.0. The van der Waals surface area contributed by atoms with E-state index >= 15 is 0 Å². The monoisotopic (exact) mass is 406 g/mol. The average molecular weight is 407 g/mol. The minimum atomic E-state index is 0.342. The summed E-state index contributed by atoms with van der Waals surface area (Å²) in [6.07, 6.45) is 22.0. The maximum Gasteiger partial charge on any atom is -0.00844 e. The first-order valence-electron chi connectivity index (χ1n) is 13.6. The molecule has 8 atom stereocenters. The average Bonchev–Trinajstić information content (AvgIpc) is 3.39. The second kappa shape index (κ2) is 6.29. The third-order valence-corrected chi connectivity index (χ3v) is 12.6. The summed E-state index contributed by atoms with van der Waals surface area (Å²) in [7, 11) is 0. The molecule has 0 nitrogen and oxygen atoms in total. The SMILES string of the molecule is C=C1CCC2(C)C(CCC3(C)C4CCC5(C=C6CC6)CCC[C@@H]5C4CCC32)C1(C)C. The van der Waals surface area contributed by atoms with Gasteiger partial charge in [0.1, 0.15) is 0 Å². The first-order chi connectivity index (χ1) is 14.2. The summed E-state index contributed by atoms with van der Waals surface area (Å²) < 4.78 is 0. The Bertz CT molecular complexity index is 778. The van der Waals surface area contributed by atoms with Gasteiger partial charge in [0.05, 0.1) is 0 Å². The number of rotatable bonds is 1. The van der Waals surface area contributed by atoms with Crippen LogP contribution in [0.3, 0.4) is 0 Å². The van der Waals surface area contributed by atoms with E-state index in [0.717, 1.165) is 29.6 Å². The Labute approximate surface area is 186 Å². The van der Waals surface area contributed by atoms with Gasteiger partial charge in [-0.2, -0.15) is 0 Å². The van der Waals surface area contributed by atoms with E-state index in [4.69, 9.17) is 0 Å². The second-order valence-electron chi connectivity index (χ2n) is 13.9. The van der Waals surface area contributed by atoms with Crippen LogP contribution >= 0.6 is 0 Å². The van der Waals surface area contributed by atoms with E-state index in [1.807, 2.05) is 5.57 Å². The number of hydrogen-bond acceptors (Lipinski definition) is 0. The van der Waals surface area contributed by atoms with Gasteiger partial charge < -0.3 is 0 Å². The van der Waals surface area contributed by atoms with Gasteiger partial charge in [0.2, 0.25) is 0 Å². The summed E-state index contributed by atoms with van der Waals surface area (Å²) in [6, 6.07) is 0. The van der Waals surface area contributed by atoms with Crippen LogP contribution in [0.2, 0.25) is 0 Å². The van der Waals surface area contributed by atoms with E-state index < -0.39 is 0 Å². The molecule has 166 valence electrons. The van der Waals surface area contributed by atoms with Gasteiger partial charge in [0.15, 0.2) is 0 Å². The van der Waals surface area contributed by atoms with E-state index in [1.165, 1.54) is 70.6 Å². The number of hydrogen-bond donors (Lipinski definition) is 0. The van der Waals surface area contributed by atoms with Crippen molar-refractivity contribution in [2.24, 2.45) is 51.2 Å². The van der Waals surface area contributed by atoms with Crippen molar-refractivity contribution in [3.63, 3.8) is 0 Å². The maximum absolute atomic E-state index is 4.54. The zero-order valence-electron chi connectivity index (χ0n) is 20.4. The fraction of sp³-hybridized carbons (Fsp3) is 0.867. The molecule has 0 amide bonds. The van der Waals surface area contributed by atoms with E-state index in [2.05, 4.69) is 40.3 Å². The second-order valence-corrected chi connectivity index (χ2v) is 13.9. The van der Waals surface area contributed by atoms with Crippen LogP contribution in [0.25, 0.3) is 0 Å². The first kappa shape index (κ1) is 20.1. The van der Waals surface area contributed by atoms with Crippen molar-refractivity contribution in [3.8, 4) is 0 Å². The summed E-state index contributed by atoms with van der Waals surface area (Å²) >= 11 is 0. The zero-order valence-corrected chi connectivity index (χ0v) is 20.4. The van der Waals surface area contributed by atoms with Crippen molar-refractivity contribution in [1.82, 2.24) is 0 Å². The Morgan fingerprint density at radius 1 is 0.733 bits per heavy atom. The summed E-state index contributed by atoms with van der Waals surface area (Å²) in [5.41, 5.74) is 5.48. The molecule has 0 aliphatic heterocycles. The molecule has 0 heteroatoms. The highest BCUT2D eigenvalue weighted by Gasteiger charge is 2.65. The van der Waals surface area contributed by atoms with Crippen molar-refractivity contribution in [2.75, 3.05) is 0 Å². The number of allylic oxidation sites excluding steroid dienone is 3. The normalized spacial score (nSPS) is 53.9. The molecule has 0 aromatic carbocycles. The van der Waals surface area contributed by atoms with Gasteiger partial charge in [-0.15, -0.1) is 0 Å². The van der Waals surface area contributed by atoms with E-state index in [-0.39, 0.29) is 0 Å². The van der Waals surface area contributed by atoms with E-state index in [1.54, 1.807) is 18.4 Å². The van der Waals surface area contributed by atoms with Gasteiger partial charge >= 0.3 is 0 Å². The maximum atomic E-state index is 4.54. The van der Waals surface area contributed by atoms with Crippen LogP contribution in [-0.2, 0) is 0 Å². The molecular weight excluding hydrogens is 360 g/mol. The summed E-state index contributed by atoms with van der Waals surface area (Å²) in [5.74, 6) is 4.87. The molecule has 0 spiro atoms. The van der Waals surface area contributed by atoms with Crippen LogP contribution in [0.5, 0.6) is 0 Å². The lowest BCUT2D eigenvalue weighted by Gasteiger charge is -2.69. The van der Waals surface area contributed by atoms with E-state index in [0.29, 0.717) is 21.7 Å². The van der Waals surface area contributed by atoms with Crippen LogP contribution in [-0.4, -0.2) is 0 Å². The molecule has 6 fully saturated rings. The molecule has 0 aromatic heterocycles. The molecule has 0 bridgehead atoms. The molecule has 0 aromatic rings. The predicted molar refractivity (Wildman–Crippen MR) is 127 cm³/mol. The van der Waals surface area contributed by atoms with Gasteiger partial charge in [-0.3, -0.25) is 0 Å². The minimum Gasteiger partial charge on any atom is -0.0993 e. The van der Waals surface area contributed by atoms with E-state index in [9.17, 15) is 0 Å². The molecule has 0 radical (unpaired) electrons. The lowest BCUT2D eigenvalue weighted by atomic mass is 9.36.